The third-order valence-corrected chi connectivity index (χ3v) is 1.18. The Morgan fingerprint density at radius 1 is 1.46 bits per heavy atom. The van der Waals surface area contributed by atoms with Crippen molar-refractivity contribution in [1.82, 2.24) is 0 Å². The van der Waals surface area contributed by atoms with Crippen LogP contribution in [0.15, 0.2) is 12.2 Å². The van der Waals surface area contributed by atoms with E-state index in [0.29, 0.717) is 25.9 Å². The number of hydrogen-bond donors (Lipinski definition) is 0. The standard InChI is InChI=1S/C9H14O4/c1-2-12-7-4-3-5-9(11)13-8-6-10/h3,5-6H,2,4,7-8H2,1H3. The topological polar surface area (TPSA) is 52.6 Å². The number of ether oxygens (including phenoxy) is 2. The minimum absolute atomic E-state index is 0.186. The summed E-state index contributed by atoms with van der Waals surface area (Å²) in [4.78, 5) is 20.5. The van der Waals surface area contributed by atoms with Gasteiger partial charge in [0.1, 0.15) is 6.61 Å². The number of rotatable bonds is 7. The van der Waals surface area contributed by atoms with E-state index in [-0.39, 0.29) is 6.61 Å². The van der Waals surface area contributed by atoms with Gasteiger partial charge in [0, 0.05) is 12.7 Å². The van der Waals surface area contributed by atoms with Crippen molar-refractivity contribution in [3.05, 3.63) is 12.2 Å². The summed E-state index contributed by atoms with van der Waals surface area (Å²) in [5.74, 6) is -0.497. The lowest BCUT2D eigenvalue weighted by atomic mass is 10.4. The summed E-state index contributed by atoms with van der Waals surface area (Å²) in [6.07, 6.45) is 4.15. The third-order valence-electron chi connectivity index (χ3n) is 1.18. The SMILES string of the molecule is CCOCCC=CC(=O)OCC=O. The van der Waals surface area contributed by atoms with Gasteiger partial charge >= 0.3 is 5.97 Å². The summed E-state index contributed by atoms with van der Waals surface area (Å²) in [5, 5.41) is 0. The molecule has 0 saturated carbocycles. The van der Waals surface area contributed by atoms with Crippen molar-refractivity contribution in [2.24, 2.45) is 0 Å². The molecule has 0 radical (unpaired) electrons. The van der Waals surface area contributed by atoms with Gasteiger partial charge in [-0.05, 0) is 13.3 Å². The summed E-state index contributed by atoms with van der Waals surface area (Å²) < 4.78 is 9.50. The molecule has 0 bridgehead atoms. The van der Waals surface area contributed by atoms with E-state index in [1.54, 1.807) is 6.08 Å². The number of carbonyl (C=O) groups excluding carboxylic acids is 2. The number of carbonyl (C=O) groups is 2. The average molecular weight is 186 g/mol. The van der Waals surface area contributed by atoms with E-state index in [1.807, 2.05) is 6.92 Å². The predicted octanol–water partition coefficient (Wildman–Crippen LogP) is 0.711. The Bertz CT molecular complexity index is 174. The first-order valence-corrected chi connectivity index (χ1v) is 4.16. The monoisotopic (exact) mass is 186 g/mol. The molecule has 0 aliphatic rings. The Balaban J connectivity index is 3.36. The Hall–Kier alpha value is -1.16. The normalized spacial score (nSPS) is 10.2. The smallest absolute Gasteiger partial charge is 0.330 e. The van der Waals surface area contributed by atoms with Crippen molar-refractivity contribution in [3.8, 4) is 0 Å². The molecule has 0 N–H and O–H groups in total. The largest absolute Gasteiger partial charge is 0.455 e. The van der Waals surface area contributed by atoms with Crippen LogP contribution in [0.1, 0.15) is 13.3 Å². The predicted molar refractivity (Wildman–Crippen MR) is 47.3 cm³/mol. The molecular weight excluding hydrogens is 172 g/mol. The molecule has 4 heteroatoms. The van der Waals surface area contributed by atoms with E-state index in [9.17, 15) is 9.59 Å². The second-order valence-electron chi connectivity index (χ2n) is 2.18. The summed E-state index contributed by atoms with van der Waals surface area (Å²) in [5.41, 5.74) is 0. The fourth-order valence-corrected chi connectivity index (χ4v) is 0.640. The van der Waals surface area contributed by atoms with Gasteiger partial charge in [0.2, 0.25) is 0 Å². The van der Waals surface area contributed by atoms with Crippen LogP contribution < -0.4 is 0 Å². The van der Waals surface area contributed by atoms with Crippen LogP contribution >= 0.6 is 0 Å². The summed E-state index contributed by atoms with van der Waals surface area (Å²) in [6.45, 7) is 2.98. The fourth-order valence-electron chi connectivity index (χ4n) is 0.640. The highest BCUT2D eigenvalue weighted by Gasteiger charge is 1.93. The van der Waals surface area contributed by atoms with E-state index in [4.69, 9.17) is 4.74 Å². The molecule has 0 heterocycles. The fraction of sp³-hybridized carbons (Fsp3) is 0.556. The molecule has 0 amide bonds. The number of aldehydes is 1. The van der Waals surface area contributed by atoms with Gasteiger partial charge in [-0.3, -0.25) is 4.79 Å². The molecule has 0 spiro atoms. The van der Waals surface area contributed by atoms with Crippen molar-refractivity contribution in [3.63, 3.8) is 0 Å². The Labute approximate surface area is 77.5 Å². The molecule has 0 unspecified atom stereocenters. The summed E-state index contributed by atoms with van der Waals surface area (Å²) >= 11 is 0. The van der Waals surface area contributed by atoms with E-state index in [0.717, 1.165) is 0 Å². The average Bonchev–Trinajstić information content (AvgIpc) is 2.14. The Morgan fingerprint density at radius 2 is 2.23 bits per heavy atom. The van der Waals surface area contributed by atoms with Crippen molar-refractivity contribution in [2.75, 3.05) is 19.8 Å². The Morgan fingerprint density at radius 3 is 2.85 bits per heavy atom. The molecule has 0 aliphatic heterocycles. The second kappa shape index (κ2) is 8.93. The second-order valence-corrected chi connectivity index (χ2v) is 2.18. The molecule has 0 aromatic carbocycles. The van der Waals surface area contributed by atoms with Gasteiger partial charge in [-0.1, -0.05) is 6.08 Å². The van der Waals surface area contributed by atoms with Crippen molar-refractivity contribution < 1.29 is 19.1 Å². The van der Waals surface area contributed by atoms with Crippen LogP contribution in [0.25, 0.3) is 0 Å². The Kier molecular flexibility index (Phi) is 8.14. The molecule has 0 saturated heterocycles. The van der Waals surface area contributed by atoms with Crippen LogP contribution in [-0.2, 0) is 19.1 Å². The maximum atomic E-state index is 10.7. The molecule has 0 aromatic heterocycles. The first-order valence-electron chi connectivity index (χ1n) is 4.16. The minimum atomic E-state index is -0.497. The van der Waals surface area contributed by atoms with Gasteiger partial charge in [-0.2, -0.15) is 0 Å². The first kappa shape index (κ1) is 11.8. The van der Waals surface area contributed by atoms with E-state index < -0.39 is 5.97 Å². The van der Waals surface area contributed by atoms with Crippen LogP contribution in [-0.4, -0.2) is 32.1 Å². The van der Waals surface area contributed by atoms with Crippen LogP contribution in [0.4, 0.5) is 0 Å². The van der Waals surface area contributed by atoms with Gasteiger partial charge in [0.05, 0.1) is 6.61 Å². The first-order chi connectivity index (χ1) is 6.31. The third kappa shape index (κ3) is 8.75. The highest BCUT2D eigenvalue weighted by Crippen LogP contribution is 1.87. The van der Waals surface area contributed by atoms with Crippen LogP contribution in [0.3, 0.4) is 0 Å². The molecule has 74 valence electrons. The maximum Gasteiger partial charge on any atom is 0.330 e. The molecule has 0 aromatic rings. The van der Waals surface area contributed by atoms with Crippen molar-refractivity contribution >= 4 is 12.3 Å². The highest BCUT2D eigenvalue weighted by molar-refractivity contribution is 5.82. The van der Waals surface area contributed by atoms with E-state index in [1.165, 1.54) is 6.08 Å². The van der Waals surface area contributed by atoms with Gasteiger partial charge in [-0.25, -0.2) is 4.79 Å². The highest BCUT2D eigenvalue weighted by atomic mass is 16.5. The lowest BCUT2D eigenvalue weighted by Gasteiger charge is -1.95. The molecule has 4 nitrogen and oxygen atoms in total. The molecular formula is C9H14O4. The minimum Gasteiger partial charge on any atom is -0.455 e. The number of esters is 1. The van der Waals surface area contributed by atoms with Gasteiger partial charge in [0.25, 0.3) is 0 Å². The maximum absolute atomic E-state index is 10.7. The molecule has 13 heavy (non-hydrogen) atoms. The zero-order chi connectivity index (χ0) is 9.94. The van der Waals surface area contributed by atoms with E-state index >= 15 is 0 Å². The quantitative estimate of drug-likeness (QED) is 0.254. The number of hydrogen-bond acceptors (Lipinski definition) is 4. The van der Waals surface area contributed by atoms with Crippen LogP contribution in [0, 0.1) is 0 Å². The van der Waals surface area contributed by atoms with Crippen molar-refractivity contribution in [1.29, 1.82) is 0 Å². The zero-order valence-corrected chi connectivity index (χ0v) is 7.69. The molecule has 0 aliphatic carbocycles. The zero-order valence-electron chi connectivity index (χ0n) is 7.69. The summed E-state index contributed by atoms with van der Waals surface area (Å²) in [6, 6.07) is 0. The lowest BCUT2D eigenvalue weighted by Crippen LogP contribution is -2.02. The lowest BCUT2D eigenvalue weighted by molar-refractivity contribution is -0.140. The van der Waals surface area contributed by atoms with Crippen LogP contribution in [0.2, 0.25) is 0 Å². The van der Waals surface area contributed by atoms with Crippen molar-refractivity contribution in [2.45, 2.75) is 13.3 Å². The van der Waals surface area contributed by atoms with E-state index in [2.05, 4.69) is 4.74 Å². The van der Waals surface area contributed by atoms with Gasteiger partial charge in [-0.15, -0.1) is 0 Å². The molecule has 0 rings (SSSR count). The van der Waals surface area contributed by atoms with Gasteiger partial charge < -0.3 is 9.47 Å². The van der Waals surface area contributed by atoms with Crippen LogP contribution in [0.5, 0.6) is 0 Å². The molecule has 0 fully saturated rings. The summed E-state index contributed by atoms with van der Waals surface area (Å²) in [7, 11) is 0. The molecule has 0 atom stereocenters. The van der Waals surface area contributed by atoms with Gasteiger partial charge in [0.15, 0.2) is 6.29 Å².